The highest BCUT2D eigenvalue weighted by Gasteiger charge is 2.29. The van der Waals surface area contributed by atoms with Gasteiger partial charge in [0.25, 0.3) is 0 Å². The number of nitrogens with zero attached hydrogens (tertiary/aromatic N) is 1. The number of aliphatic hydroxyl groups excluding tert-OH is 1. The number of aliphatic hydroxyl groups is 1. The molecular formula is C14H26N2O2. The number of carbonyl (C=O) groups excluding carboxylic acids is 1. The predicted octanol–water partition coefficient (Wildman–Crippen LogP) is 2.12. The lowest BCUT2D eigenvalue weighted by atomic mass is 10.0. The molecule has 2 amide bonds. The summed E-state index contributed by atoms with van der Waals surface area (Å²) < 4.78 is 0. The molecule has 104 valence electrons. The Bertz CT molecular complexity index is 283. The number of likely N-dealkylation sites (tertiary alicyclic amines) is 1. The molecule has 0 aromatic rings. The SMILES string of the molecule is C[C@@H]1CCC[C@H](NC(=O)N2CCC[C@H]2CO)CC1. The topological polar surface area (TPSA) is 52.6 Å². The zero-order chi connectivity index (χ0) is 13.0. The van der Waals surface area contributed by atoms with Gasteiger partial charge in [-0.15, -0.1) is 0 Å². The summed E-state index contributed by atoms with van der Waals surface area (Å²) in [6.07, 6.45) is 7.88. The van der Waals surface area contributed by atoms with Gasteiger partial charge in [0.2, 0.25) is 0 Å². The number of carbonyl (C=O) groups is 1. The fraction of sp³-hybridized carbons (Fsp3) is 0.929. The van der Waals surface area contributed by atoms with Crippen LogP contribution < -0.4 is 5.32 Å². The number of nitrogens with one attached hydrogen (secondary N) is 1. The van der Waals surface area contributed by atoms with E-state index in [2.05, 4.69) is 12.2 Å². The van der Waals surface area contributed by atoms with Crippen molar-refractivity contribution in [1.29, 1.82) is 0 Å². The van der Waals surface area contributed by atoms with Crippen LogP contribution in [0.25, 0.3) is 0 Å². The van der Waals surface area contributed by atoms with Crippen molar-refractivity contribution >= 4 is 6.03 Å². The lowest BCUT2D eigenvalue weighted by Crippen LogP contribution is -2.47. The highest BCUT2D eigenvalue weighted by molar-refractivity contribution is 5.75. The molecule has 4 heteroatoms. The molecule has 0 bridgehead atoms. The molecule has 2 aliphatic rings. The van der Waals surface area contributed by atoms with Crippen LogP contribution in [0.2, 0.25) is 0 Å². The van der Waals surface area contributed by atoms with Crippen LogP contribution in [-0.2, 0) is 0 Å². The molecular weight excluding hydrogens is 228 g/mol. The molecule has 4 nitrogen and oxygen atoms in total. The molecule has 2 fully saturated rings. The summed E-state index contributed by atoms with van der Waals surface area (Å²) in [5.74, 6) is 0.795. The Morgan fingerprint density at radius 2 is 2.06 bits per heavy atom. The van der Waals surface area contributed by atoms with Crippen molar-refractivity contribution in [2.75, 3.05) is 13.2 Å². The van der Waals surface area contributed by atoms with Gasteiger partial charge in [-0.2, -0.15) is 0 Å². The van der Waals surface area contributed by atoms with E-state index in [1.165, 1.54) is 19.3 Å². The third-order valence-electron chi connectivity index (χ3n) is 4.43. The molecule has 3 atom stereocenters. The second kappa shape index (κ2) is 6.41. The molecule has 1 aliphatic carbocycles. The van der Waals surface area contributed by atoms with Gasteiger partial charge in [0.05, 0.1) is 12.6 Å². The fourth-order valence-electron chi connectivity index (χ4n) is 3.18. The van der Waals surface area contributed by atoms with Gasteiger partial charge in [0, 0.05) is 12.6 Å². The average molecular weight is 254 g/mol. The van der Waals surface area contributed by atoms with Crippen LogP contribution in [-0.4, -0.2) is 41.3 Å². The van der Waals surface area contributed by atoms with Gasteiger partial charge < -0.3 is 15.3 Å². The lowest BCUT2D eigenvalue weighted by molar-refractivity contribution is 0.154. The molecule has 2 rings (SSSR count). The predicted molar refractivity (Wildman–Crippen MR) is 71.4 cm³/mol. The molecule has 18 heavy (non-hydrogen) atoms. The first-order chi connectivity index (χ1) is 8.70. The first-order valence-corrected chi connectivity index (χ1v) is 7.38. The Morgan fingerprint density at radius 1 is 1.22 bits per heavy atom. The quantitative estimate of drug-likeness (QED) is 0.742. The minimum Gasteiger partial charge on any atom is -0.394 e. The molecule has 0 radical (unpaired) electrons. The Morgan fingerprint density at radius 3 is 2.83 bits per heavy atom. The summed E-state index contributed by atoms with van der Waals surface area (Å²) in [7, 11) is 0. The summed E-state index contributed by atoms with van der Waals surface area (Å²) in [6, 6.07) is 0.406. The normalized spacial score (nSPS) is 33.2. The van der Waals surface area contributed by atoms with Crippen LogP contribution in [0.4, 0.5) is 4.79 Å². The van der Waals surface area contributed by atoms with E-state index in [4.69, 9.17) is 0 Å². The van der Waals surface area contributed by atoms with Gasteiger partial charge in [-0.3, -0.25) is 0 Å². The van der Waals surface area contributed by atoms with E-state index >= 15 is 0 Å². The van der Waals surface area contributed by atoms with Crippen molar-refractivity contribution in [1.82, 2.24) is 10.2 Å². The minimum absolute atomic E-state index is 0.0334. The zero-order valence-corrected chi connectivity index (χ0v) is 11.4. The van der Waals surface area contributed by atoms with Crippen LogP contribution >= 0.6 is 0 Å². The average Bonchev–Trinajstić information content (AvgIpc) is 2.75. The maximum atomic E-state index is 12.2. The van der Waals surface area contributed by atoms with Crippen LogP contribution in [0, 0.1) is 5.92 Å². The van der Waals surface area contributed by atoms with Crippen molar-refractivity contribution in [2.24, 2.45) is 5.92 Å². The van der Waals surface area contributed by atoms with Crippen LogP contribution in [0.1, 0.15) is 51.9 Å². The Balaban J connectivity index is 1.83. The second-order valence-electron chi connectivity index (χ2n) is 5.93. The minimum atomic E-state index is 0.0334. The van der Waals surface area contributed by atoms with E-state index in [1.54, 1.807) is 0 Å². The molecule has 0 unspecified atom stereocenters. The molecule has 0 aromatic heterocycles. The van der Waals surface area contributed by atoms with Gasteiger partial charge >= 0.3 is 6.03 Å². The third-order valence-corrected chi connectivity index (χ3v) is 4.43. The number of amides is 2. The summed E-state index contributed by atoms with van der Waals surface area (Å²) in [5, 5.41) is 12.4. The van der Waals surface area contributed by atoms with E-state index < -0.39 is 0 Å². The molecule has 1 saturated carbocycles. The fourth-order valence-corrected chi connectivity index (χ4v) is 3.18. The smallest absolute Gasteiger partial charge is 0.317 e. The van der Waals surface area contributed by atoms with Crippen molar-refractivity contribution in [3.05, 3.63) is 0 Å². The van der Waals surface area contributed by atoms with E-state index in [1.807, 2.05) is 4.90 Å². The van der Waals surface area contributed by atoms with Crippen molar-refractivity contribution < 1.29 is 9.90 Å². The molecule has 1 saturated heterocycles. The van der Waals surface area contributed by atoms with Gasteiger partial charge in [-0.1, -0.05) is 19.8 Å². The van der Waals surface area contributed by atoms with E-state index in [0.29, 0.717) is 6.04 Å². The van der Waals surface area contributed by atoms with Crippen LogP contribution in [0.3, 0.4) is 0 Å². The first-order valence-electron chi connectivity index (χ1n) is 7.38. The standard InChI is InChI=1S/C14H26N2O2/c1-11-4-2-5-12(8-7-11)15-14(18)16-9-3-6-13(16)10-17/h11-13,17H,2-10H2,1H3,(H,15,18)/t11-,12+,13+/m1/s1. The summed E-state index contributed by atoms with van der Waals surface area (Å²) in [5.41, 5.74) is 0. The zero-order valence-electron chi connectivity index (χ0n) is 11.4. The first kappa shape index (κ1) is 13.7. The summed E-state index contributed by atoms with van der Waals surface area (Å²) in [6.45, 7) is 3.18. The van der Waals surface area contributed by atoms with Crippen LogP contribution in [0.5, 0.6) is 0 Å². The van der Waals surface area contributed by atoms with Gasteiger partial charge in [-0.05, 0) is 38.0 Å². The van der Waals surface area contributed by atoms with E-state index in [-0.39, 0.29) is 18.7 Å². The second-order valence-corrected chi connectivity index (χ2v) is 5.93. The Labute approximate surface area is 110 Å². The van der Waals surface area contributed by atoms with Gasteiger partial charge in [0.1, 0.15) is 0 Å². The van der Waals surface area contributed by atoms with Crippen molar-refractivity contribution in [3.8, 4) is 0 Å². The van der Waals surface area contributed by atoms with Gasteiger partial charge in [0.15, 0.2) is 0 Å². The lowest BCUT2D eigenvalue weighted by Gasteiger charge is -2.26. The van der Waals surface area contributed by atoms with Gasteiger partial charge in [-0.25, -0.2) is 4.79 Å². The number of hydrogen-bond acceptors (Lipinski definition) is 2. The van der Waals surface area contributed by atoms with E-state index in [9.17, 15) is 9.90 Å². The Kier molecular flexibility index (Phi) is 4.87. The molecule has 0 spiro atoms. The molecule has 0 aromatic carbocycles. The monoisotopic (exact) mass is 254 g/mol. The summed E-state index contributed by atoms with van der Waals surface area (Å²) >= 11 is 0. The highest BCUT2D eigenvalue weighted by Crippen LogP contribution is 2.23. The largest absolute Gasteiger partial charge is 0.394 e. The highest BCUT2D eigenvalue weighted by atomic mass is 16.3. The molecule has 1 aliphatic heterocycles. The Hall–Kier alpha value is -0.770. The maximum Gasteiger partial charge on any atom is 0.317 e. The summed E-state index contributed by atoms with van der Waals surface area (Å²) in [4.78, 5) is 14.0. The third kappa shape index (κ3) is 3.37. The van der Waals surface area contributed by atoms with Crippen molar-refractivity contribution in [2.45, 2.75) is 64.0 Å². The number of urea groups is 1. The number of rotatable bonds is 2. The molecule has 2 N–H and O–H groups in total. The van der Waals surface area contributed by atoms with Crippen LogP contribution in [0.15, 0.2) is 0 Å². The number of hydrogen-bond donors (Lipinski definition) is 2. The molecule has 1 heterocycles. The van der Waals surface area contributed by atoms with E-state index in [0.717, 1.165) is 38.1 Å². The van der Waals surface area contributed by atoms with Crippen molar-refractivity contribution in [3.63, 3.8) is 0 Å². The maximum absolute atomic E-state index is 12.2.